The minimum absolute atomic E-state index is 0.348. The Labute approximate surface area is 861 Å². The second kappa shape index (κ2) is 40.3. The van der Waals surface area contributed by atoms with Crippen LogP contribution in [0.4, 0.5) is 22.7 Å². The first kappa shape index (κ1) is 92.6. The molecule has 688 valence electrons. The van der Waals surface area contributed by atoms with Crippen LogP contribution in [0, 0.1) is 71.6 Å². The molecule has 24 aromatic rings. The monoisotopic (exact) mass is 1930 g/mol. The van der Waals surface area contributed by atoms with Gasteiger partial charge in [0, 0.05) is 60.5 Å². The van der Waals surface area contributed by atoms with E-state index < -0.39 is 24.2 Å². The van der Waals surface area contributed by atoms with Gasteiger partial charge in [-0.05, 0) is 182 Å². The SMILES string of the molecule is [C-]#[N+]c1cc(-n2c3ccccc3c3cc(C#N)ccc32)ccc1-c1ccc([Si](c2ccccc2)(c2ccccc2)c2ccccc2)cc1C#N.[C-]#[N+]c1cc([Si](c2ccccc2)(c2ccccc2)c2ccccc2)cc(C#N)c1-c1ccc(-n2c3ccccc3c3cc(C#N)ccc32)cc1.[C-]#[N+]c1ccc(-c2ccccc2[Si](c2ccccc2)(c2ccccc2)c2ccccc2)c(-n2c3ccccc3c3ccccc32)c1[N+]#[C-]. The Morgan fingerprint density at radius 2 is 0.534 bits per heavy atom. The Morgan fingerprint density at radius 3 is 0.932 bits per heavy atom. The van der Waals surface area contributed by atoms with Crippen molar-refractivity contribution >= 4 is 175 Å². The van der Waals surface area contributed by atoms with Crippen LogP contribution in [0.3, 0.4) is 0 Å². The summed E-state index contributed by atoms with van der Waals surface area (Å²) in [5, 5.41) is 61.2. The number of hydrogen-bond acceptors (Lipinski definition) is 4. The Balaban J connectivity index is 0.000000126. The summed E-state index contributed by atoms with van der Waals surface area (Å²) in [6.07, 6.45) is 0. The van der Waals surface area contributed by atoms with Crippen LogP contribution >= 0.6 is 0 Å². The number of rotatable bonds is 18. The van der Waals surface area contributed by atoms with E-state index in [2.05, 4.69) is 397 Å². The zero-order valence-electron chi connectivity index (χ0n) is 80.0. The Hall–Kier alpha value is -20.4. The lowest BCUT2D eigenvalue weighted by atomic mass is 9.98. The maximum atomic E-state index is 10.7. The molecule has 0 atom stereocenters. The molecule has 0 radical (unpaired) electrons. The summed E-state index contributed by atoms with van der Waals surface area (Å²) in [5.41, 5.74) is 17.2. The van der Waals surface area contributed by atoms with Gasteiger partial charge < -0.3 is 13.7 Å². The molecule has 0 aliphatic heterocycles. The van der Waals surface area contributed by atoms with E-state index in [0.717, 1.165) is 115 Å². The lowest BCUT2D eigenvalue weighted by Gasteiger charge is -2.36. The molecule has 0 fully saturated rings. The van der Waals surface area contributed by atoms with Gasteiger partial charge in [0.2, 0.25) is 5.69 Å². The molecule has 0 saturated heterocycles. The molecule has 21 aromatic carbocycles. The summed E-state index contributed by atoms with van der Waals surface area (Å²) in [4.78, 5) is 16.0. The number of benzene rings is 21. The number of para-hydroxylation sites is 4. The molecule has 0 spiro atoms. The topological polar surface area (TPSA) is 127 Å². The number of hydrogen-bond donors (Lipinski definition) is 0. The van der Waals surface area contributed by atoms with Gasteiger partial charge in [0.15, 0.2) is 41.3 Å². The molecule has 24 rings (SSSR count). The van der Waals surface area contributed by atoms with E-state index in [4.69, 9.17) is 26.3 Å². The average Bonchev–Trinajstić information content (AvgIpc) is 0.743. The van der Waals surface area contributed by atoms with Crippen molar-refractivity contribution in [2.45, 2.75) is 0 Å². The van der Waals surface area contributed by atoms with E-state index in [1.165, 1.54) is 51.9 Å². The van der Waals surface area contributed by atoms with Crippen molar-refractivity contribution in [2.24, 2.45) is 0 Å². The van der Waals surface area contributed by atoms with Crippen molar-refractivity contribution in [3.8, 4) is 74.7 Å². The highest BCUT2D eigenvalue weighted by Crippen LogP contribution is 2.47. The predicted molar refractivity (Wildman–Crippen MR) is 613 cm³/mol. The van der Waals surface area contributed by atoms with Crippen molar-refractivity contribution in [1.82, 2.24) is 13.7 Å². The minimum Gasteiger partial charge on any atom is -0.320 e. The van der Waals surface area contributed by atoms with Crippen LogP contribution in [0.15, 0.2) is 516 Å². The van der Waals surface area contributed by atoms with Crippen molar-refractivity contribution in [2.75, 3.05) is 0 Å². The molecule has 148 heavy (non-hydrogen) atoms. The van der Waals surface area contributed by atoms with Crippen LogP contribution < -0.4 is 62.2 Å². The Morgan fingerprint density at radius 1 is 0.203 bits per heavy atom. The van der Waals surface area contributed by atoms with Crippen LogP contribution in [0.2, 0.25) is 0 Å². The minimum atomic E-state index is -2.94. The number of aromatic nitrogens is 3. The van der Waals surface area contributed by atoms with Crippen LogP contribution in [-0.4, -0.2) is 37.9 Å². The van der Waals surface area contributed by atoms with Gasteiger partial charge in [-0.3, -0.25) is 4.85 Å². The Bertz CT molecular complexity index is 9240. The molecule has 0 amide bonds. The van der Waals surface area contributed by atoms with Crippen LogP contribution in [0.25, 0.3) is 135 Å². The average molecular weight is 1930 g/mol. The normalized spacial score (nSPS) is 11.2. The molecule has 3 heterocycles. The highest BCUT2D eigenvalue weighted by molar-refractivity contribution is 7.21. The third-order valence-corrected chi connectivity index (χ3v) is 43.1. The van der Waals surface area contributed by atoms with Gasteiger partial charge in [0.1, 0.15) is 0 Å². The molecule has 0 aliphatic rings. The quantitative estimate of drug-likeness (QED) is 0.0481. The fraction of sp³-hybridized carbons (Fsp3) is 0. The van der Waals surface area contributed by atoms with Crippen LogP contribution in [0.1, 0.15) is 22.3 Å². The summed E-state index contributed by atoms with van der Waals surface area (Å²) >= 11 is 0. The largest absolute Gasteiger partial charge is 0.320 e. The maximum absolute atomic E-state index is 10.7. The number of nitrogens with zero attached hydrogens (tertiary/aromatic N) is 11. The highest BCUT2D eigenvalue weighted by Gasteiger charge is 2.46. The molecular formula is C134H85N11Si3. The zero-order valence-corrected chi connectivity index (χ0v) is 83.0. The fourth-order valence-corrected chi connectivity index (χ4v) is 36.9. The lowest BCUT2D eigenvalue weighted by molar-refractivity contribution is 1.18. The van der Waals surface area contributed by atoms with Gasteiger partial charge in [0.05, 0.1) is 100 Å². The molecule has 0 unspecified atom stereocenters. The van der Waals surface area contributed by atoms with E-state index in [1.807, 2.05) is 176 Å². The Kier molecular flexibility index (Phi) is 25.2. The summed E-state index contributed by atoms with van der Waals surface area (Å²) < 4.78 is 6.53. The van der Waals surface area contributed by atoms with Gasteiger partial charge in [-0.25, -0.2) is 14.5 Å². The van der Waals surface area contributed by atoms with Crippen molar-refractivity contribution in [1.29, 1.82) is 21.0 Å². The second-order valence-electron chi connectivity index (χ2n) is 36.3. The third-order valence-electron chi connectivity index (χ3n) is 28.7. The van der Waals surface area contributed by atoms with Gasteiger partial charge >= 0.3 is 0 Å². The van der Waals surface area contributed by atoms with Gasteiger partial charge in [0.25, 0.3) is 0 Å². The van der Waals surface area contributed by atoms with E-state index in [1.54, 1.807) is 0 Å². The van der Waals surface area contributed by atoms with Crippen molar-refractivity contribution < 1.29 is 0 Å². The number of fused-ring (bicyclic) bond motifs is 9. The lowest BCUT2D eigenvalue weighted by Crippen LogP contribution is -2.75. The smallest absolute Gasteiger partial charge is 0.218 e. The predicted octanol–water partition coefficient (Wildman–Crippen LogP) is 25.2. The van der Waals surface area contributed by atoms with E-state index >= 15 is 0 Å². The third kappa shape index (κ3) is 16.0. The molecule has 3 aromatic heterocycles. The van der Waals surface area contributed by atoms with Gasteiger partial charge in [-0.15, -0.1) is 0 Å². The van der Waals surface area contributed by atoms with E-state index in [-0.39, 0.29) is 0 Å². The van der Waals surface area contributed by atoms with Crippen molar-refractivity contribution in [3.05, 3.63) is 584 Å². The molecular weight excluding hydrogens is 1850 g/mol. The fourth-order valence-electron chi connectivity index (χ4n) is 22.4. The maximum Gasteiger partial charge on any atom is 0.218 e. The summed E-state index contributed by atoms with van der Waals surface area (Å²) in [7, 11) is -8.71. The summed E-state index contributed by atoms with van der Waals surface area (Å²) in [6.45, 7) is 33.2. The molecule has 0 saturated carbocycles. The van der Waals surface area contributed by atoms with Crippen LogP contribution in [0.5, 0.6) is 0 Å². The second-order valence-corrected chi connectivity index (χ2v) is 47.7. The van der Waals surface area contributed by atoms with E-state index in [0.29, 0.717) is 56.1 Å². The van der Waals surface area contributed by atoms with Crippen LogP contribution in [-0.2, 0) is 0 Å². The molecule has 0 aliphatic carbocycles. The zero-order chi connectivity index (χ0) is 101. The number of nitriles is 4. The standard InChI is InChI=1S/2C45H28N4Si.C44H29N3Si/c1-48-43-29-34(49-44-20-12-11-19-41(44)42-27-32(30-46)21-26-45(42)49)22-24-40(43)39-25-23-38(28-33(39)31-47)50(35-13-5-2-6-14-35,36-15-7-3-8-16-36)37-17-9-4-10-18-37;1-48-42-29-39(50(36-13-5-2-6-14-36,37-15-7-3-8-16-37)38-17-9-4-10-18-38)28-34(31-47)45(42)33-22-24-35(25-23-33)49-43-20-12-11-19-40(43)41-27-32(30-46)21-26-44(41)49;1-45-39-31-30-38(44(43(39)46-2)47-40-27-15-12-24-35(40)36-25-13-16-28-41(36)47)37-26-14-17-29-42(37)48(32-18-6-3-7-19-32,33-20-8-4-9-21-33)34-22-10-5-11-23-34/h2*2-29H;3-31H. The first-order valence-electron chi connectivity index (χ1n) is 48.6. The highest BCUT2D eigenvalue weighted by atomic mass is 28.3. The summed E-state index contributed by atoms with van der Waals surface area (Å²) in [6, 6.07) is 187. The molecule has 0 N–H and O–H groups in total. The van der Waals surface area contributed by atoms with Gasteiger partial charge in [-0.2, -0.15) is 21.0 Å². The van der Waals surface area contributed by atoms with E-state index in [9.17, 15) is 21.0 Å². The first-order valence-corrected chi connectivity index (χ1v) is 54.6. The van der Waals surface area contributed by atoms with Gasteiger partial charge in [-0.1, -0.05) is 424 Å². The first-order chi connectivity index (χ1) is 73.1. The summed E-state index contributed by atoms with van der Waals surface area (Å²) in [5.74, 6) is 0. The molecule has 14 heteroatoms. The van der Waals surface area contributed by atoms with Crippen molar-refractivity contribution in [3.63, 3.8) is 0 Å². The molecule has 0 bridgehead atoms. The molecule has 11 nitrogen and oxygen atoms in total.